The molecule has 0 bridgehead atoms. The Morgan fingerprint density at radius 3 is 1.87 bits per heavy atom. The number of rotatable bonds is 49. The minimum absolute atomic E-state index is 0.0120. The van der Waals surface area contributed by atoms with Crippen molar-refractivity contribution >= 4 is 175 Å². The van der Waals surface area contributed by atoms with Crippen molar-refractivity contribution in [3.63, 3.8) is 0 Å². The zero-order valence-corrected chi connectivity index (χ0v) is 80.2. The maximum Gasteiger partial charge on any atom is 0.305 e. The second-order valence-corrected chi connectivity index (χ2v) is 38.1. The molecule has 48 heteroatoms. The van der Waals surface area contributed by atoms with Gasteiger partial charge in [-0.25, -0.2) is 4.98 Å². The third-order valence-corrected chi connectivity index (χ3v) is 25.9. The molecule has 2 aliphatic rings. The number of amides is 15. The summed E-state index contributed by atoms with van der Waals surface area (Å²) >= 11 is 3.76. The molecule has 3 aromatic heterocycles. The SMILES string of the molecule is CC[C@H](C)[C@@H]1NC(=O)[C@H](CCC(=O)O)NC(=O)[C@@H]2CCCN2C(=O)[C@@H](NC(=O)[C@H](CC(N)=O)NC(=O)[C@H](CCC(=O)O)NC(C)=O)CSc2c3ccsc3cn2CCCC[C@@H](C(=O)N[C@@H](Cc2cnc[nH]2)C(=O)C[C@H](C(=O)N[C@@H](CCC(N)=O)C(=O)C[C@@H](CCCNC(=N)N)C(=O)N[C@H](C(=O)C[C@@H](CCSC)C(N)=O)C(C)C)C(C)C)NC(=O)[C@H](CC(=O)O)NC(=O)[C@H](CC(C)C)NC1=O. The first-order valence-electron chi connectivity index (χ1n) is 45.1. The number of aromatic amines is 1. The average Bonchev–Trinajstić information content (AvgIpc) is 1.61. The second-order valence-electron chi connectivity index (χ2n) is 35.1. The first kappa shape index (κ1) is 113. The number of carboxylic acids is 3. The number of fused-ring (bicyclic) bond motifs is 4. The molecule has 3 aromatic rings. The number of hydrogen-bond acceptors (Lipinski definition) is 26. The largest absolute Gasteiger partial charge is 0.481 e. The Labute approximate surface area is 794 Å². The minimum Gasteiger partial charge on any atom is -0.481 e. The van der Waals surface area contributed by atoms with Crippen LogP contribution in [0.4, 0.5) is 0 Å². The molecule has 5 heterocycles. The van der Waals surface area contributed by atoms with E-state index >= 15 is 19.2 Å². The molecule has 16 atom stereocenters. The van der Waals surface area contributed by atoms with Crippen LogP contribution in [0.1, 0.15) is 203 Å². The first-order chi connectivity index (χ1) is 63.6. The summed E-state index contributed by atoms with van der Waals surface area (Å²) in [6.45, 7) is 14.1. The van der Waals surface area contributed by atoms with E-state index in [9.17, 15) is 96.8 Å². The number of Topliss-reactive ketones (excluding diaryl/α,β-unsaturated/α-hetero) is 3. The van der Waals surface area contributed by atoms with Crippen LogP contribution in [0.2, 0.25) is 0 Å². The van der Waals surface area contributed by atoms with Gasteiger partial charge in [0.1, 0.15) is 54.4 Å². The smallest absolute Gasteiger partial charge is 0.305 e. The number of carboxylic acid groups (broad SMARTS) is 3. The number of thiophene rings is 1. The third kappa shape index (κ3) is 37.9. The molecule has 1 fully saturated rings. The van der Waals surface area contributed by atoms with Crippen LogP contribution in [0.15, 0.2) is 35.2 Å². The highest BCUT2D eigenvalue weighted by molar-refractivity contribution is 7.99. The molecule has 135 heavy (non-hydrogen) atoms. The fourth-order valence-corrected chi connectivity index (χ4v) is 18.2. The van der Waals surface area contributed by atoms with Crippen molar-refractivity contribution in [3.05, 3.63) is 35.9 Å². The number of carbonyl (C=O) groups is 21. The second kappa shape index (κ2) is 56.3. The fourth-order valence-electron chi connectivity index (χ4n) is 15.6. The van der Waals surface area contributed by atoms with Gasteiger partial charge in [-0.3, -0.25) is 106 Å². The van der Waals surface area contributed by atoms with E-state index in [0.29, 0.717) is 20.9 Å². The molecule has 0 aromatic carbocycles. The van der Waals surface area contributed by atoms with Crippen molar-refractivity contribution in [2.45, 2.75) is 288 Å². The van der Waals surface area contributed by atoms with E-state index in [1.54, 1.807) is 77.6 Å². The number of guanidine groups is 1. The monoisotopic (exact) mass is 1950 g/mol. The van der Waals surface area contributed by atoms with Crippen LogP contribution < -0.4 is 86.7 Å². The van der Waals surface area contributed by atoms with Crippen LogP contribution in [0.3, 0.4) is 0 Å². The van der Waals surface area contributed by atoms with Crippen molar-refractivity contribution in [2.24, 2.45) is 64.4 Å². The van der Waals surface area contributed by atoms with Crippen molar-refractivity contribution in [1.29, 1.82) is 5.41 Å². The van der Waals surface area contributed by atoms with E-state index in [2.05, 4.69) is 73.8 Å². The van der Waals surface area contributed by atoms with Gasteiger partial charge in [-0.05, 0) is 124 Å². The van der Waals surface area contributed by atoms with Gasteiger partial charge in [0.2, 0.25) is 88.6 Å². The summed E-state index contributed by atoms with van der Waals surface area (Å²) in [6, 6.07) is -17.9. The molecular weight excluding hydrogens is 1820 g/mol. The molecule has 0 spiro atoms. The van der Waals surface area contributed by atoms with Gasteiger partial charge in [0.25, 0.3) is 0 Å². The summed E-state index contributed by atoms with van der Waals surface area (Å²) in [5, 5.41) is 71.2. The number of hydrogen-bond donors (Lipinski definition) is 21. The number of ketones is 3. The van der Waals surface area contributed by atoms with Gasteiger partial charge in [0.05, 0.1) is 47.0 Å². The number of nitrogens with two attached hydrogens (primary N) is 4. The highest BCUT2D eigenvalue weighted by atomic mass is 32.2. The van der Waals surface area contributed by atoms with Crippen molar-refractivity contribution < 1.29 is 116 Å². The zero-order chi connectivity index (χ0) is 101. The summed E-state index contributed by atoms with van der Waals surface area (Å²) in [5.41, 5.74) is 22.7. The summed E-state index contributed by atoms with van der Waals surface area (Å²) in [7, 11) is 0. The summed E-state index contributed by atoms with van der Waals surface area (Å²) < 4.78 is 2.46. The van der Waals surface area contributed by atoms with Crippen molar-refractivity contribution in [3.8, 4) is 0 Å². The molecule has 0 saturated carbocycles. The number of primary amides is 3. The van der Waals surface area contributed by atoms with E-state index < -0.39 is 308 Å². The number of H-pyrrole nitrogens is 1. The zero-order valence-electron chi connectivity index (χ0n) is 77.7. The van der Waals surface area contributed by atoms with Gasteiger partial charge in [-0.15, -0.1) is 23.1 Å². The van der Waals surface area contributed by atoms with Gasteiger partial charge < -0.3 is 117 Å². The van der Waals surface area contributed by atoms with Crippen LogP contribution in [0.25, 0.3) is 10.1 Å². The fraction of sp³-hybridized carbons (Fsp3) is 0.644. The Kier molecular flexibility index (Phi) is 47.3. The average molecular weight is 1950 g/mol. The van der Waals surface area contributed by atoms with Crippen LogP contribution in [-0.4, -0.2) is 268 Å². The molecular formula is C87H133N21O24S3. The van der Waals surface area contributed by atoms with Crippen LogP contribution in [0.5, 0.6) is 0 Å². The molecule has 0 radical (unpaired) electrons. The highest BCUT2D eigenvalue weighted by Crippen LogP contribution is 2.36. The highest BCUT2D eigenvalue weighted by Gasteiger charge is 2.44. The Hall–Kier alpha value is -12.1. The van der Waals surface area contributed by atoms with Gasteiger partial charge >= 0.3 is 17.9 Å². The van der Waals surface area contributed by atoms with Crippen molar-refractivity contribution in [1.82, 2.24) is 83.2 Å². The lowest BCUT2D eigenvalue weighted by Crippen LogP contribution is -2.61. The quantitative estimate of drug-likeness (QED) is 0.0188. The molecule has 15 amide bonds. The molecule has 0 aliphatic carbocycles. The number of imidazole rings is 1. The molecule has 45 nitrogen and oxygen atoms in total. The number of nitrogens with one attached hydrogen (secondary N) is 14. The van der Waals surface area contributed by atoms with Gasteiger partial charge in [-0.2, -0.15) is 11.8 Å². The van der Waals surface area contributed by atoms with Gasteiger partial charge in [-0.1, -0.05) is 61.8 Å². The van der Waals surface area contributed by atoms with E-state index in [4.69, 9.17) is 28.3 Å². The maximum atomic E-state index is 15.5. The summed E-state index contributed by atoms with van der Waals surface area (Å²) in [6.07, 6.45) is -0.925. The number of aromatic nitrogens is 3. The first-order valence-corrected chi connectivity index (χ1v) is 48.3. The van der Waals surface area contributed by atoms with Crippen LogP contribution in [0, 0.1) is 46.8 Å². The molecule has 1 saturated heterocycles. The number of aryl methyl sites for hydroxylation is 1. The lowest BCUT2D eigenvalue weighted by Gasteiger charge is -2.31. The lowest BCUT2D eigenvalue weighted by molar-refractivity contribution is -0.142. The normalized spacial score (nSPS) is 20.0. The number of thioether (sulfide) groups is 2. The Morgan fingerprint density at radius 1 is 0.622 bits per heavy atom. The number of carbonyl (C=O) groups excluding carboxylic acids is 18. The van der Waals surface area contributed by atoms with Crippen LogP contribution in [-0.2, 0) is 114 Å². The minimum atomic E-state index is -2.04. The summed E-state index contributed by atoms with van der Waals surface area (Å²) in [5.74, 6) is -27.6. The van der Waals surface area contributed by atoms with Crippen LogP contribution >= 0.6 is 34.9 Å². The third-order valence-electron chi connectivity index (χ3n) is 23.2. The predicted molar refractivity (Wildman–Crippen MR) is 496 cm³/mol. The Bertz CT molecular complexity index is 4700. The van der Waals surface area contributed by atoms with E-state index in [-0.39, 0.29) is 108 Å². The topological polar surface area (TPSA) is 728 Å². The molecule has 25 N–H and O–H groups in total. The van der Waals surface area contributed by atoms with E-state index in [1.165, 1.54) is 35.6 Å². The van der Waals surface area contributed by atoms with Gasteiger partial charge in [0, 0.05) is 118 Å². The molecule has 5 rings (SSSR count). The Balaban J connectivity index is 1.64. The molecule has 748 valence electrons. The molecule has 0 unspecified atom stereocenters. The molecule has 2 aliphatic heterocycles. The summed E-state index contributed by atoms with van der Waals surface area (Å²) in [4.78, 5) is 302. The lowest BCUT2D eigenvalue weighted by atomic mass is 9.86. The maximum absolute atomic E-state index is 15.5. The Morgan fingerprint density at radius 2 is 1.27 bits per heavy atom. The van der Waals surface area contributed by atoms with Crippen molar-refractivity contribution in [2.75, 3.05) is 30.9 Å². The number of aliphatic carboxylic acids is 3. The number of nitrogens with zero attached hydrogens (tertiary/aromatic N) is 3. The predicted octanol–water partition coefficient (Wildman–Crippen LogP) is -0.734. The van der Waals surface area contributed by atoms with Gasteiger partial charge in [0.15, 0.2) is 23.3 Å². The van der Waals surface area contributed by atoms with E-state index in [0.717, 1.165) is 23.6 Å². The van der Waals surface area contributed by atoms with E-state index in [1.807, 2.05) is 6.26 Å². The standard InChI is InChI=1S/C87H133N21O24S3/c1-11-46(8)73-84(131)103-58(32-43(2)3)80(127)102-60(38-71(119)120)82(129)98-54(77(124)100-57(35-50-39-93-42-95-50)64(111)36-52(44(4)5)76(123)97-53(19-22-67(88)113)63(110)34-49(16-14-27-94-87(91)92)75(122)105-72(45(6)7)65(112)33-48(74(90)121)25-30-133-10)17-12-13-28-107-40-66-51(26-31-134-66)86(107)135-41-61(85(132)108-29-15-18-62(108)83(130)99-56(79(126)106-73)21-24-70(117)118)104-81(128)59(37-68(89)114)101-78(125)55(96-47(9)109)20-23-69(115)116/h26,31,39-40,42-46,48-49,52-62,72-73H,11-25,27-30,32-38,41H2,1-10H3,(H2,88,113)(H2,89,114)(H2,90,121)(H,93,95)(H,96,109)(H,97,123)(H,98,129)(H,99,130)(H,100,124)(H,101,125)(H,102,127)(H,103,131)(H,104,128)(H,105,122)(H,106,126)(H,115,116)(H,117,118)(H,119,120)(H4,91,92,94)/t46-,48+,49+,52-,53-,54-,55-,56-,57-,58-,59-,60-,61-,62-,72-,73-/m0/s1.